The van der Waals surface area contributed by atoms with Crippen molar-refractivity contribution in [2.75, 3.05) is 19.6 Å². The first-order valence-corrected chi connectivity index (χ1v) is 9.73. The van der Waals surface area contributed by atoms with Crippen molar-refractivity contribution >= 4 is 22.3 Å². The lowest BCUT2D eigenvalue weighted by molar-refractivity contribution is -0.0317. The number of aromatic nitrogens is 2. The maximum atomic E-state index is 12.4. The summed E-state index contributed by atoms with van der Waals surface area (Å²) in [5, 5.41) is 16.1. The molecular formula is C13H19N7O6S. The van der Waals surface area contributed by atoms with Crippen LogP contribution in [0, 0.1) is 11.3 Å². The SMILES string of the molecule is N=C(N)C1CN(Cc2nnc([C@@H]3CC[C@@H]4CN3C(=O)N4OS(=O)(=O)O)o2)C1. The van der Waals surface area contributed by atoms with E-state index in [0.717, 1.165) is 0 Å². The Morgan fingerprint density at radius 1 is 1.33 bits per heavy atom. The Labute approximate surface area is 154 Å². The van der Waals surface area contributed by atoms with Gasteiger partial charge in [-0.25, -0.2) is 4.79 Å². The molecule has 2 bridgehead atoms. The van der Waals surface area contributed by atoms with Crippen molar-refractivity contribution in [3.8, 4) is 0 Å². The summed E-state index contributed by atoms with van der Waals surface area (Å²) in [5.74, 6) is 0.887. The highest BCUT2D eigenvalue weighted by atomic mass is 32.3. The van der Waals surface area contributed by atoms with Crippen molar-refractivity contribution < 1.29 is 26.5 Å². The van der Waals surface area contributed by atoms with Crippen molar-refractivity contribution in [2.24, 2.45) is 11.7 Å². The molecule has 13 nitrogen and oxygen atoms in total. The number of nitrogens with two attached hydrogens (primary N) is 1. The van der Waals surface area contributed by atoms with E-state index in [2.05, 4.69) is 14.5 Å². The van der Waals surface area contributed by atoms with Crippen LogP contribution in [-0.4, -0.2) is 75.6 Å². The molecule has 4 rings (SSSR count). The van der Waals surface area contributed by atoms with Crippen LogP contribution < -0.4 is 5.73 Å². The zero-order valence-electron chi connectivity index (χ0n) is 14.2. The van der Waals surface area contributed by atoms with Gasteiger partial charge < -0.3 is 15.1 Å². The van der Waals surface area contributed by atoms with Gasteiger partial charge in [0.05, 0.1) is 18.4 Å². The molecule has 3 fully saturated rings. The first-order chi connectivity index (χ1) is 12.7. The van der Waals surface area contributed by atoms with Gasteiger partial charge in [-0.3, -0.25) is 14.9 Å². The van der Waals surface area contributed by atoms with Gasteiger partial charge in [-0.15, -0.1) is 14.5 Å². The number of carbonyl (C=O) groups is 1. The summed E-state index contributed by atoms with van der Waals surface area (Å²) < 4.78 is 40.8. The molecular weight excluding hydrogens is 382 g/mol. The smallest absolute Gasteiger partial charge is 0.418 e. The molecule has 3 aliphatic heterocycles. The van der Waals surface area contributed by atoms with Crippen LogP contribution in [0.4, 0.5) is 4.79 Å². The van der Waals surface area contributed by atoms with Crippen LogP contribution in [0.5, 0.6) is 0 Å². The lowest BCUT2D eigenvalue weighted by Gasteiger charge is -2.37. The largest absolute Gasteiger partial charge is 0.422 e. The molecule has 4 heterocycles. The molecule has 3 aliphatic rings. The van der Waals surface area contributed by atoms with Gasteiger partial charge in [-0.05, 0) is 12.8 Å². The quantitative estimate of drug-likeness (QED) is 0.307. The van der Waals surface area contributed by atoms with E-state index in [1.54, 1.807) is 0 Å². The highest BCUT2D eigenvalue weighted by Crippen LogP contribution is 2.38. The lowest BCUT2D eigenvalue weighted by atomic mass is 9.99. The van der Waals surface area contributed by atoms with Crippen LogP contribution in [0.1, 0.15) is 30.7 Å². The van der Waals surface area contributed by atoms with Crippen molar-refractivity contribution in [3.63, 3.8) is 0 Å². The van der Waals surface area contributed by atoms with E-state index in [0.29, 0.717) is 43.4 Å². The summed E-state index contributed by atoms with van der Waals surface area (Å²) in [4.78, 5) is 15.8. The number of likely N-dealkylation sites (tertiary alicyclic amines) is 1. The van der Waals surface area contributed by atoms with E-state index in [1.807, 2.05) is 4.90 Å². The predicted octanol–water partition coefficient (Wildman–Crippen LogP) is -0.887. The fraction of sp³-hybridized carbons (Fsp3) is 0.692. The van der Waals surface area contributed by atoms with E-state index in [4.69, 9.17) is 20.1 Å². The Morgan fingerprint density at radius 2 is 2.07 bits per heavy atom. The van der Waals surface area contributed by atoms with Gasteiger partial charge in [0.15, 0.2) is 0 Å². The Morgan fingerprint density at radius 3 is 2.74 bits per heavy atom. The second-order valence-corrected chi connectivity index (χ2v) is 7.89. The number of hydroxylamine groups is 2. The molecule has 0 radical (unpaired) electrons. The molecule has 2 amide bonds. The molecule has 4 N–H and O–H groups in total. The number of hydrogen-bond acceptors (Lipinski definition) is 9. The summed E-state index contributed by atoms with van der Waals surface area (Å²) in [6.45, 7) is 1.98. The number of hydrogen-bond donors (Lipinski definition) is 3. The molecule has 0 aromatic carbocycles. The molecule has 27 heavy (non-hydrogen) atoms. The third kappa shape index (κ3) is 3.47. The van der Waals surface area contributed by atoms with E-state index < -0.39 is 28.5 Å². The number of nitrogens with one attached hydrogen (secondary N) is 1. The van der Waals surface area contributed by atoms with Crippen LogP contribution >= 0.6 is 0 Å². The molecule has 14 heteroatoms. The average molecular weight is 401 g/mol. The highest BCUT2D eigenvalue weighted by Gasteiger charge is 2.49. The molecule has 0 aliphatic carbocycles. The van der Waals surface area contributed by atoms with Gasteiger partial charge >= 0.3 is 16.4 Å². The number of rotatable bonds is 6. The number of amides is 2. The van der Waals surface area contributed by atoms with Crippen LogP contribution in [-0.2, 0) is 21.2 Å². The number of carbonyl (C=O) groups excluding carboxylic acids is 1. The second-order valence-electron chi connectivity index (χ2n) is 6.89. The summed E-state index contributed by atoms with van der Waals surface area (Å²) in [7, 11) is -4.78. The van der Waals surface area contributed by atoms with E-state index in [-0.39, 0.29) is 24.2 Å². The normalized spacial score (nSPS) is 26.5. The standard InChI is InChI=1S/C13H19N7O6S/c14-11(15)7-3-18(4-7)6-10-16-17-12(25-10)9-2-1-8-5-19(9)13(21)20(8)26-27(22,23)24/h7-9H,1-6H2,(H3,14,15)(H,22,23,24)/t8-,9+/m1/s1. The fourth-order valence-electron chi connectivity index (χ4n) is 3.64. The van der Waals surface area contributed by atoms with Crippen LogP contribution in [0.25, 0.3) is 0 Å². The maximum Gasteiger partial charge on any atom is 0.418 e. The average Bonchev–Trinajstić information content (AvgIpc) is 3.09. The minimum absolute atomic E-state index is 0.0543. The first kappa shape index (κ1) is 18.1. The van der Waals surface area contributed by atoms with Gasteiger partial charge in [0.1, 0.15) is 6.04 Å². The number of piperidine rings is 1. The van der Waals surface area contributed by atoms with E-state index >= 15 is 0 Å². The minimum Gasteiger partial charge on any atom is -0.422 e. The molecule has 0 unspecified atom stereocenters. The van der Waals surface area contributed by atoms with E-state index in [1.165, 1.54) is 4.90 Å². The molecule has 1 aromatic heterocycles. The molecule has 0 saturated carbocycles. The Balaban J connectivity index is 1.41. The van der Waals surface area contributed by atoms with Crippen molar-refractivity contribution in [1.29, 1.82) is 5.41 Å². The zero-order valence-corrected chi connectivity index (χ0v) is 15.0. The van der Waals surface area contributed by atoms with Crippen molar-refractivity contribution in [2.45, 2.75) is 31.5 Å². The van der Waals surface area contributed by atoms with Crippen LogP contribution in [0.15, 0.2) is 4.42 Å². The van der Waals surface area contributed by atoms with Crippen molar-refractivity contribution in [1.82, 2.24) is 25.1 Å². The summed E-state index contributed by atoms with van der Waals surface area (Å²) >= 11 is 0. The summed E-state index contributed by atoms with van der Waals surface area (Å²) in [6, 6.07) is -1.62. The lowest BCUT2D eigenvalue weighted by Crippen LogP contribution is -2.51. The highest BCUT2D eigenvalue weighted by molar-refractivity contribution is 7.80. The van der Waals surface area contributed by atoms with E-state index in [9.17, 15) is 13.2 Å². The second kappa shape index (κ2) is 6.40. The van der Waals surface area contributed by atoms with Gasteiger partial charge in [-0.1, -0.05) is 0 Å². The van der Waals surface area contributed by atoms with Crippen LogP contribution in [0.2, 0.25) is 0 Å². The Hall–Kier alpha value is -2.29. The van der Waals surface area contributed by atoms with Gasteiger partial charge in [0.2, 0.25) is 11.8 Å². The topological polar surface area (TPSA) is 179 Å². The minimum atomic E-state index is -4.78. The van der Waals surface area contributed by atoms with Crippen molar-refractivity contribution in [3.05, 3.63) is 11.8 Å². The Bertz CT molecular complexity index is 866. The van der Waals surface area contributed by atoms with Gasteiger partial charge in [0, 0.05) is 25.6 Å². The summed E-state index contributed by atoms with van der Waals surface area (Å²) in [5.41, 5.74) is 5.45. The van der Waals surface area contributed by atoms with Gasteiger partial charge in [-0.2, -0.15) is 13.5 Å². The molecule has 148 valence electrons. The summed E-state index contributed by atoms with van der Waals surface area (Å²) in [6.07, 6.45) is 0.964. The third-order valence-corrected chi connectivity index (χ3v) is 5.37. The molecule has 3 saturated heterocycles. The van der Waals surface area contributed by atoms with Gasteiger partial charge in [0.25, 0.3) is 0 Å². The number of amidine groups is 1. The first-order valence-electron chi connectivity index (χ1n) is 8.36. The molecule has 2 atom stereocenters. The Kier molecular flexibility index (Phi) is 4.29. The fourth-order valence-corrected chi connectivity index (χ4v) is 4.03. The molecule has 1 aromatic rings. The third-order valence-electron chi connectivity index (χ3n) is 5.02. The molecule has 0 spiro atoms. The maximum absolute atomic E-state index is 12.4. The predicted molar refractivity (Wildman–Crippen MR) is 87.3 cm³/mol. The zero-order chi connectivity index (χ0) is 19.3. The number of fused-ring (bicyclic) bond motifs is 2. The number of urea groups is 1. The van der Waals surface area contributed by atoms with Crippen LogP contribution in [0.3, 0.4) is 0 Å². The monoisotopic (exact) mass is 401 g/mol. The number of nitrogens with zero attached hydrogens (tertiary/aromatic N) is 5.